The molecule has 0 spiro atoms. The summed E-state index contributed by atoms with van der Waals surface area (Å²) in [4.78, 5) is 4.36. The van der Waals surface area contributed by atoms with Gasteiger partial charge in [-0.25, -0.2) is 13.3 Å². The van der Waals surface area contributed by atoms with Crippen LogP contribution >= 0.6 is 0 Å². The van der Waals surface area contributed by atoms with Gasteiger partial charge in [0, 0.05) is 6.07 Å². The van der Waals surface area contributed by atoms with Crippen LogP contribution in [0, 0.1) is 0 Å². The van der Waals surface area contributed by atoms with Crippen LogP contribution in [-0.4, -0.2) is 19.2 Å². The Hall–Kier alpha value is -0.790. The van der Waals surface area contributed by atoms with Gasteiger partial charge in [-0.3, -0.25) is 0 Å². The zero-order chi connectivity index (χ0) is 10.6. The highest BCUT2D eigenvalue weighted by Crippen LogP contribution is 2.07. The lowest BCUT2D eigenvalue weighted by Gasteiger charge is -2.02. The highest BCUT2D eigenvalue weighted by Gasteiger charge is 2.18. The standard InChI is InChI=1S/C9H11F2N2O.HI/c1-13-5-3-4-7(6-13)8(9(10)11)12-14-2;/h3-6,9H,1-2H3;1H/q+1;/p-1/b12-8-;. The minimum Gasteiger partial charge on any atom is -1.00 e. The van der Waals surface area contributed by atoms with E-state index in [-0.39, 0.29) is 29.7 Å². The summed E-state index contributed by atoms with van der Waals surface area (Å²) in [5.41, 5.74) is -0.00412. The molecule has 0 N–H and O–H groups in total. The topological polar surface area (TPSA) is 25.5 Å². The van der Waals surface area contributed by atoms with Crippen molar-refractivity contribution in [1.29, 1.82) is 0 Å². The maximum absolute atomic E-state index is 12.5. The number of aryl methyl sites for hydroxylation is 1. The minimum atomic E-state index is -2.64. The average Bonchev–Trinajstić information content (AvgIpc) is 2.13. The Balaban J connectivity index is 0.00000196. The van der Waals surface area contributed by atoms with Crippen molar-refractivity contribution in [1.82, 2.24) is 0 Å². The molecule has 0 bridgehead atoms. The average molecular weight is 328 g/mol. The fourth-order valence-electron chi connectivity index (χ4n) is 1.06. The number of alkyl halides is 2. The number of hydrogen-bond donors (Lipinski definition) is 0. The van der Waals surface area contributed by atoms with Crippen LogP contribution in [0.5, 0.6) is 0 Å². The molecule has 0 aromatic carbocycles. The van der Waals surface area contributed by atoms with Crippen molar-refractivity contribution in [3.63, 3.8) is 0 Å². The number of rotatable bonds is 3. The normalized spacial score (nSPS) is 11.1. The molecule has 0 aliphatic rings. The first kappa shape index (κ1) is 14.2. The van der Waals surface area contributed by atoms with Gasteiger partial charge in [-0.15, -0.1) is 0 Å². The number of pyridine rings is 1. The summed E-state index contributed by atoms with van der Waals surface area (Å²) in [6.07, 6.45) is 0.668. The lowest BCUT2D eigenvalue weighted by molar-refractivity contribution is -0.671. The Bertz CT molecular complexity index is 345. The van der Waals surface area contributed by atoms with Gasteiger partial charge in [-0.05, 0) is 6.07 Å². The third kappa shape index (κ3) is 4.06. The summed E-state index contributed by atoms with van der Waals surface area (Å²) >= 11 is 0. The van der Waals surface area contributed by atoms with E-state index in [0.717, 1.165) is 0 Å². The molecule has 1 aromatic heterocycles. The van der Waals surface area contributed by atoms with Gasteiger partial charge in [0.05, 0.1) is 5.56 Å². The quantitative estimate of drug-likeness (QED) is 0.276. The van der Waals surface area contributed by atoms with Crippen molar-refractivity contribution in [3.05, 3.63) is 30.1 Å². The molecule has 0 unspecified atom stereocenters. The molecule has 84 valence electrons. The molecule has 3 nitrogen and oxygen atoms in total. The van der Waals surface area contributed by atoms with Crippen molar-refractivity contribution < 1.29 is 42.2 Å². The van der Waals surface area contributed by atoms with Gasteiger partial charge in [0.2, 0.25) is 0 Å². The Labute approximate surface area is 104 Å². The largest absolute Gasteiger partial charge is 1.00 e. The minimum absolute atomic E-state index is 0. The van der Waals surface area contributed by atoms with Crippen LogP contribution in [0.4, 0.5) is 8.78 Å². The highest BCUT2D eigenvalue weighted by atomic mass is 127. The van der Waals surface area contributed by atoms with Crippen LogP contribution in [0.15, 0.2) is 29.7 Å². The molecule has 15 heavy (non-hydrogen) atoms. The number of aromatic nitrogens is 1. The van der Waals surface area contributed by atoms with E-state index in [2.05, 4.69) is 9.99 Å². The molecule has 1 rings (SSSR count). The predicted octanol–water partition coefficient (Wildman–Crippen LogP) is -1.87. The molecule has 1 heterocycles. The van der Waals surface area contributed by atoms with Gasteiger partial charge in [0.25, 0.3) is 6.43 Å². The fraction of sp³-hybridized carbons (Fsp3) is 0.333. The molecule has 0 saturated heterocycles. The van der Waals surface area contributed by atoms with E-state index in [1.54, 1.807) is 36.1 Å². The van der Waals surface area contributed by atoms with Crippen molar-refractivity contribution in [2.45, 2.75) is 6.43 Å². The van der Waals surface area contributed by atoms with Gasteiger partial charge >= 0.3 is 0 Å². The van der Waals surface area contributed by atoms with E-state index in [1.807, 2.05) is 0 Å². The SMILES string of the molecule is CO/N=C(/c1ccc[n+](C)c1)C(F)F.[I-]. The van der Waals surface area contributed by atoms with E-state index in [4.69, 9.17) is 0 Å². The molecular weight excluding hydrogens is 317 g/mol. The maximum Gasteiger partial charge on any atom is 0.284 e. The maximum atomic E-state index is 12.5. The second-order valence-electron chi connectivity index (χ2n) is 2.72. The van der Waals surface area contributed by atoms with E-state index in [0.29, 0.717) is 5.56 Å². The highest BCUT2D eigenvalue weighted by molar-refractivity contribution is 6.02. The Morgan fingerprint density at radius 3 is 2.67 bits per heavy atom. The first-order valence-electron chi connectivity index (χ1n) is 4.00. The second-order valence-corrected chi connectivity index (χ2v) is 2.72. The third-order valence-electron chi connectivity index (χ3n) is 1.63. The van der Waals surface area contributed by atoms with E-state index in [9.17, 15) is 8.78 Å². The molecule has 0 radical (unpaired) electrons. The van der Waals surface area contributed by atoms with Crippen molar-refractivity contribution in [2.24, 2.45) is 12.2 Å². The molecule has 0 atom stereocenters. The van der Waals surface area contributed by atoms with Gasteiger partial charge in [-0.1, -0.05) is 5.16 Å². The number of nitrogens with zero attached hydrogens (tertiary/aromatic N) is 2. The first-order chi connectivity index (χ1) is 6.65. The molecule has 0 aliphatic heterocycles. The Morgan fingerprint density at radius 2 is 2.20 bits per heavy atom. The summed E-state index contributed by atoms with van der Waals surface area (Å²) in [6, 6.07) is 3.23. The van der Waals surface area contributed by atoms with Crippen molar-refractivity contribution in [3.8, 4) is 0 Å². The summed E-state index contributed by atoms with van der Waals surface area (Å²) in [5, 5.41) is 3.29. The van der Waals surface area contributed by atoms with Crippen molar-refractivity contribution >= 4 is 5.71 Å². The summed E-state index contributed by atoms with van der Waals surface area (Å²) in [5.74, 6) is 0. The predicted molar refractivity (Wildman–Crippen MR) is 47.2 cm³/mol. The summed E-state index contributed by atoms with van der Waals surface area (Å²) in [7, 11) is 2.99. The Kier molecular flexibility index (Phi) is 6.30. The molecule has 0 fully saturated rings. The van der Waals surface area contributed by atoms with E-state index in [1.165, 1.54) is 7.11 Å². The molecule has 1 aromatic rings. The lowest BCUT2D eigenvalue weighted by atomic mass is 10.2. The third-order valence-corrected chi connectivity index (χ3v) is 1.63. The molecular formula is C9H11F2IN2O. The zero-order valence-corrected chi connectivity index (χ0v) is 10.5. The van der Waals surface area contributed by atoms with Crippen LogP contribution in [0.1, 0.15) is 5.56 Å². The van der Waals surface area contributed by atoms with Crippen LogP contribution in [0.3, 0.4) is 0 Å². The van der Waals surface area contributed by atoms with Crippen LogP contribution < -0.4 is 28.5 Å². The number of hydrogen-bond acceptors (Lipinski definition) is 2. The van der Waals surface area contributed by atoms with Crippen molar-refractivity contribution in [2.75, 3.05) is 7.11 Å². The smallest absolute Gasteiger partial charge is 0.284 e. The van der Waals surface area contributed by atoms with Gasteiger partial charge in [0.15, 0.2) is 18.1 Å². The monoisotopic (exact) mass is 328 g/mol. The van der Waals surface area contributed by atoms with Gasteiger partial charge in [-0.2, -0.15) is 0 Å². The Morgan fingerprint density at radius 1 is 1.53 bits per heavy atom. The molecule has 0 aliphatic carbocycles. The zero-order valence-electron chi connectivity index (χ0n) is 8.32. The molecule has 0 saturated carbocycles. The second kappa shape index (κ2) is 6.65. The van der Waals surface area contributed by atoms with Gasteiger partial charge < -0.3 is 28.8 Å². The lowest BCUT2D eigenvalue weighted by Crippen LogP contribution is -3.00. The first-order valence-corrected chi connectivity index (χ1v) is 4.00. The molecule has 0 amide bonds. The van der Waals surface area contributed by atoms with Crippen LogP contribution in [0.2, 0.25) is 0 Å². The van der Waals surface area contributed by atoms with Crippen LogP contribution in [0.25, 0.3) is 0 Å². The fourth-order valence-corrected chi connectivity index (χ4v) is 1.06. The van der Waals surface area contributed by atoms with Gasteiger partial charge in [0.1, 0.15) is 14.2 Å². The van der Waals surface area contributed by atoms with Crippen LogP contribution in [-0.2, 0) is 11.9 Å². The summed E-state index contributed by atoms with van der Waals surface area (Å²) in [6.45, 7) is 0. The van der Waals surface area contributed by atoms with E-state index < -0.39 is 6.43 Å². The number of halogens is 3. The summed E-state index contributed by atoms with van der Waals surface area (Å²) < 4.78 is 26.6. The number of oxime groups is 1. The molecule has 6 heteroatoms. The van der Waals surface area contributed by atoms with E-state index >= 15 is 0 Å².